The maximum atomic E-state index is 11.9. The maximum Gasteiger partial charge on any atom is 0.326 e. The van der Waals surface area contributed by atoms with E-state index in [4.69, 9.17) is 5.11 Å². The molecule has 6 heteroatoms. The first-order chi connectivity index (χ1) is 9.86. The quantitative estimate of drug-likeness (QED) is 0.746. The number of aryl methyl sites for hydroxylation is 2. The summed E-state index contributed by atoms with van der Waals surface area (Å²) in [6.07, 6.45) is 4.61. The van der Waals surface area contributed by atoms with Crippen molar-refractivity contribution in [3.8, 4) is 0 Å². The minimum atomic E-state index is -1.02. The molecule has 0 radical (unpaired) electrons. The molecule has 0 aliphatic carbocycles. The third-order valence-electron chi connectivity index (χ3n) is 3.50. The standard InChI is InChI=1S/C15H23N3O3/c1-5-6-7-13(15(20)21)16-14(19)9-8-12-10(2)17-18(4)11(12)3/h5-6,13H,7-9H2,1-4H3,(H,16,19)(H,20,21)/b6-5+. The molecule has 0 saturated carbocycles. The second-order valence-electron chi connectivity index (χ2n) is 5.04. The zero-order valence-corrected chi connectivity index (χ0v) is 13.0. The SMILES string of the molecule is C/C=C/CC(NC(=O)CCc1c(C)nn(C)c1C)C(=O)O. The Morgan fingerprint density at radius 1 is 1.43 bits per heavy atom. The summed E-state index contributed by atoms with van der Waals surface area (Å²) >= 11 is 0. The van der Waals surface area contributed by atoms with Gasteiger partial charge in [-0.3, -0.25) is 9.48 Å². The van der Waals surface area contributed by atoms with Gasteiger partial charge in [0.1, 0.15) is 6.04 Å². The summed E-state index contributed by atoms with van der Waals surface area (Å²) in [4.78, 5) is 23.0. The van der Waals surface area contributed by atoms with E-state index in [1.54, 1.807) is 16.8 Å². The van der Waals surface area contributed by atoms with E-state index in [0.29, 0.717) is 12.8 Å². The van der Waals surface area contributed by atoms with Gasteiger partial charge in [-0.15, -0.1) is 0 Å². The average molecular weight is 293 g/mol. The Kier molecular flexibility index (Phi) is 6.14. The lowest BCUT2D eigenvalue weighted by Crippen LogP contribution is -2.40. The van der Waals surface area contributed by atoms with Crippen molar-refractivity contribution >= 4 is 11.9 Å². The van der Waals surface area contributed by atoms with E-state index in [0.717, 1.165) is 17.0 Å². The summed E-state index contributed by atoms with van der Waals surface area (Å²) in [6, 6.07) is -0.871. The highest BCUT2D eigenvalue weighted by Crippen LogP contribution is 2.14. The van der Waals surface area contributed by atoms with Crippen LogP contribution in [0.25, 0.3) is 0 Å². The number of carboxylic acid groups (broad SMARTS) is 1. The molecule has 6 nitrogen and oxygen atoms in total. The van der Waals surface area contributed by atoms with Crippen molar-refractivity contribution in [2.75, 3.05) is 0 Å². The highest BCUT2D eigenvalue weighted by atomic mass is 16.4. The molecule has 1 atom stereocenters. The number of aliphatic carboxylic acids is 1. The fraction of sp³-hybridized carbons (Fsp3) is 0.533. The number of hydrogen-bond donors (Lipinski definition) is 2. The van der Waals surface area contributed by atoms with Crippen molar-refractivity contribution in [3.63, 3.8) is 0 Å². The molecule has 1 unspecified atom stereocenters. The topological polar surface area (TPSA) is 84.2 Å². The minimum absolute atomic E-state index is 0.255. The van der Waals surface area contributed by atoms with Gasteiger partial charge in [0.25, 0.3) is 0 Å². The lowest BCUT2D eigenvalue weighted by Gasteiger charge is -2.12. The number of carbonyl (C=O) groups excluding carboxylic acids is 1. The highest BCUT2D eigenvalue weighted by Gasteiger charge is 2.19. The highest BCUT2D eigenvalue weighted by molar-refractivity contribution is 5.83. The summed E-state index contributed by atoms with van der Waals surface area (Å²) in [6.45, 7) is 5.68. The molecule has 0 fully saturated rings. The monoisotopic (exact) mass is 293 g/mol. The largest absolute Gasteiger partial charge is 0.480 e. The molecule has 0 aliphatic rings. The number of rotatable bonds is 7. The van der Waals surface area contributed by atoms with Crippen molar-refractivity contribution in [3.05, 3.63) is 29.1 Å². The molecule has 1 aromatic heterocycles. The first kappa shape index (κ1) is 16.9. The molecule has 2 N–H and O–H groups in total. The smallest absolute Gasteiger partial charge is 0.326 e. The van der Waals surface area contributed by atoms with E-state index in [1.807, 2.05) is 27.8 Å². The van der Waals surface area contributed by atoms with Gasteiger partial charge in [0.2, 0.25) is 5.91 Å². The Labute approximate surface area is 124 Å². The normalized spacial score (nSPS) is 12.6. The van der Waals surface area contributed by atoms with Gasteiger partial charge in [0.05, 0.1) is 5.69 Å². The molecular weight excluding hydrogens is 270 g/mol. The second kappa shape index (κ2) is 7.61. The number of hydrogen-bond acceptors (Lipinski definition) is 3. The van der Waals surface area contributed by atoms with E-state index in [9.17, 15) is 9.59 Å². The molecule has 1 heterocycles. The lowest BCUT2D eigenvalue weighted by atomic mass is 10.1. The van der Waals surface area contributed by atoms with Crippen molar-refractivity contribution < 1.29 is 14.7 Å². The van der Waals surface area contributed by atoms with Gasteiger partial charge in [-0.25, -0.2) is 4.79 Å². The Morgan fingerprint density at radius 2 is 2.10 bits per heavy atom. The molecule has 116 valence electrons. The van der Waals surface area contributed by atoms with Crippen molar-refractivity contribution in [1.82, 2.24) is 15.1 Å². The van der Waals surface area contributed by atoms with Crippen molar-refractivity contribution in [2.24, 2.45) is 7.05 Å². The van der Waals surface area contributed by atoms with Gasteiger partial charge in [0.15, 0.2) is 0 Å². The van der Waals surface area contributed by atoms with Crippen LogP contribution in [0.5, 0.6) is 0 Å². The van der Waals surface area contributed by atoms with E-state index < -0.39 is 12.0 Å². The number of carbonyl (C=O) groups is 2. The first-order valence-corrected chi connectivity index (χ1v) is 6.99. The number of allylic oxidation sites excluding steroid dienone is 1. The van der Waals surface area contributed by atoms with Crippen LogP contribution in [0, 0.1) is 13.8 Å². The zero-order valence-electron chi connectivity index (χ0n) is 13.0. The molecule has 0 aliphatic heterocycles. The van der Waals surface area contributed by atoms with Crippen LogP contribution in [0.15, 0.2) is 12.2 Å². The predicted octanol–water partition coefficient (Wildman–Crippen LogP) is 1.51. The van der Waals surface area contributed by atoms with Gasteiger partial charge in [-0.05, 0) is 39.2 Å². The van der Waals surface area contributed by atoms with Crippen LogP contribution in [-0.4, -0.2) is 32.8 Å². The molecule has 1 rings (SSSR count). The Bertz CT molecular complexity index is 547. The van der Waals surface area contributed by atoms with Gasteiger partial charge in [0, 0.05) is 19.2 Å². The van der Waals surface area contributed by atoms with Gasteiger partial charge in [-0.2, -0.15) is 5.10 Å². The molecule has 1 aromatic rings. The predicted molar refractivity (Wildman–Crippen MR) is 80.0 cm³/mol. The summed E-state index contributed by atoms with van der Waals surface area (Å²) in [5, 5.41) is 15.9. The van der Waals surface area contributed by atoms with Gasteiger partial charge < -0.3 is 10.4 Å². The third kappa shape index (κ3) is 4.73. The van der Waals surface area contributed by atoms with E-state index in [1.165, 1.54) is 0 Å². The van der Waals surface area contributed by atoms with Crippen LogP contribution in [0.4, 0.5) is 0 Å². The number of carboxylic acids is 1. The van der Waals surface area contributed by atoms with Crippen LogP contribution in [0.3, 0.4) is 0 Å². The van der Waals surface area contributed by atoms with Gasteiger partial charge >= 0.3 is 5.97 Å². The molecule has 0 aromatic carbocycles. The number of aromatic nitrogens is 2. The Hall–Kier alpha value is -2.11. The molecule has 1 amide bonds. The number of nitrogens with one attached hydrogen (secondary N) is 1. The van der Waals surface area contributed by atoms with Gasteiger partial charge in [-0.1, -0.05) is 12.2 Å². The molecule has 0 saturated heterocycles. The van der Waals surface area contributed by atoms with E-state index >= 15 is 0 Å². The Balaban J connectivity index is 2.58. The van der Waals surface area contributed by atoms with Crippen LogP contribution in [-0.2, 0) is 23.1 Å². The summed E-state index contributed by atoms with van der Waals surface area (Å²) < 4.78 is 1.79. The third-order valence-corrected chi connectivity index (χ3v) is 3.50. The fourth-order valence-electron chi connectivity index (χ4n) is 2.18. The van der Waals surface area contributed by atoms with E-state index in [-0.39, 0.29) is 12.3 Å². The number of amides is 1. The second-order valence-corrected chi connectivity index (χ2v) is 5.04. The number of nitrogens with zero attached hydrogens (tertiary/aromatic N) is 2. The summed E-state index contributed by atoms with van der Waals surface area (Å²) in [5.41, 5.74) is 2.99. The first-order valence-electron chi connectivity index (χ1n) is 6.99. The molecule has 0 bridgehead atoms. The molecular formula is C15H23N3O3. The summed E-state index contributed by atoms with van der Waals surface area (Å²) in [5.74, 6) is -1.27. The van der Waals surface area contributed by atoms with Crippen LogP contribution in [0.1, 0.15) is 36.7 Å². The van der Waals surface area contributed by atoms with Crippen molar-refractivity contribution in [1.29, 1.82) is 0 Å². The lowest BCUT2D eigenvalue weighted by molar-refractivity contribution is -0.141. The van der Waals surface area contributed by atoms with E-state index in [2.05, 4.69) is 10.4 Å². The molecule has 0 spiro atoms. The van der Waals surface area contributed by atoms with Crippen molar-refractivity contribution in [2.45, 2.75) is 46.1 Å². The molecule has 21 heavy (non-hydrogen) atoms. The maximum absolute atomic E-state index is 11.9. The average Bonchev–Trinajstić information content (AvgIpc) is 2.66. The zero-order chi connectivity index (χ0) is 16.0. The van der Waals surface area contributed by atoms with Crippen LogP contribution in [0.2, 0.25) is 0 Å². The minimum Gasteiger partial charge on any atom is -0.480 e. The van der Waals surface area contributed by atoms with Crippen LogP contribution < -0.4 is 5.32 Å². The summed E-state index contributed by atoms with van der Waals surface area (Å²) in [7, 11) is 1.86. The Morgan fingerprint density at radius 3 is 2.57 bits per heavy atom. The van der Waals surface area contributed by atoms with Crippen LogP contribution >= 0.6 is 0 Å². The fourth-order valence-corrected chi connectivity index (χ4v) is 2.18.